The number of nitrogens with zero attached hydrogens (tertiary/aromatic N) is 1. The molecule has 20 heavy (non-hydrogen) atoms. The zero-order valence-corrected chi connectivity index (χ0v) is 11.8. The Balaban J connectivity index is 2.56. The van der Waals surface area contributed by atoms with E-state index in [9.17, 15) is 21.6 Å². The molecule has 0 bridgehead atoms. The molecule has 1 aromatic heterocycles. The van der Waals surface area contributed by atoms with Crippen molar-refractivity contribution >= 4 is 26.5 Å². The number of sulfonamides is 1. The highest BCUT2D eigenvalue weighted by atomic mass is 32.2. The van der Waals surface area contributed by atoms with Gasteiger partial charge in [0.05, 0.1) is 23.4 Å². The summed E-state index contributed by atoms with van der Waals surface area (Å²) in [4.78, 5) is 4.29. The van der Waals surface area contributed by atoms with Crippen LogP contribution in [0.4, 0.5) is 18.3 Å². The van der Waals surface area contributed by atoms with E-state index < -0.39 is 34.8 Å². The summed E-state index contributed by atoms with van der Waals surface area (Å²) in [5.74, 6) is 4.63. The zero-order chi connectivity index (χ0) is 15.2. The average Bonchev–Trinajstić information content (AvgIpc) is 2.71. The van der Waals surface area contributed by atoms with Crippen molar-refractivity contribution < 1.29 is 21.6 Å². The van der Waals surface area contributed by atoms with Gasteiger partial charge in [0.1, 0.15) is 0 Å². The molecule has 5 nitrogen and oxygen atoms in total. The second-order valence-electron chi connectivity index (χ2n) is 3.68. The van der Waals surface area contributed by atoms with Crippen LogP contribution in [0.25, 0.3) is 0 Å². The minimum Gasteiger partial charge on any atom is -0.320 e. The molecule has 0 radical (unpaired) electrons. The van der Waals surface area contributed by atoms with Gasteiger partial charge in [-0.3, -0.25) is 4.72 Å². The molecule has 0 saturated carbocycles. The Kier molecular flexibility index (Phi) is 5.79. The van der Waals surface area contributed by atoms with Crippen LogP contribution in [0.2, 0.25) is 0 Å². The number of hydrogen-bond acceptors (Lipinski definition) is 5. The molecule has 0 spiro atoms. The van der Waals surface area contributed by atoms with Gasteiger partial charge in [0.25, 0.3) is 0 Å². The maximum Gasteiger partial charge on any atom is 0.389 e. The van der Waals surface area contributed by atoms with Crippen LogP contribution in [-0.4, -0.2) is 31.9 Å². The number of thiazole rings is 1. The van der Waals surface area contributed by atoms with Crippen molar-refractivity contribution in [3.05, 3.63) is 11.1 Å². The fourth-order valence-electron chi connectivity index (χ4n) is 1.16. The smallest absolute Gasteiger partial charge is 0.320 e. The van der Waals surface area contributed by atoms with Gasteiger partial charge in [0, 0.05) is 6.42 Å². The van der Waals surface area contributed by atoms with Gasteiger partial charge < -0.3 is 5.73 Å². The monoisotopic (exact) mass is 327 g/mol. The molecule has 0 fully saturated rings. The van der Waals surface area contributed by atoms with Crippen molar-refractivity contribution in [2.45, 2.75) is 19.0 Å². The van der Waals surface area contributed by atoms with Gasteiger partial charge in [-0.15, -0.1) is 0 Å². The Morgan fingerprint density at radius 2 is 2.15 bits per heavy atom. The summed E-state index contributed by atoms with van der Waals surface area (Å²) in [5.41, 5.74) is 5.18. The van der Waals surface area contributed by atoms with Gasteiger partial charge in [-0.2, -0.15) is 13.2 Å². The molecule has 3 N–H and O–H groups in total. The van der Waals surface area contributed by atoms with Crippen LogP contribution in [0.15, 0.2) is 6.20 Å². The van der Waals surface area contributed by atoms with Crippen molar-refractivity contribution in [2.24, 2.45) is 5.73 Å². The quantitative estimate of drug-likeness (QED) is 0.803. The summed E-state index contributed by atoms with van der Waals surface area (Å²) in [6.07, 6.45) is -4.63. The summed E-state index contributed by atoms with van der Waals surface area (Å²) in [5, 5.41) is 0.0679. The lowest BCUT2D eigenvalue weighted by Crippen LogP contribution is -2.18. The number of anilines is 1. The highest BCUT2D eigenvalue weighted by Gasteiger charge is 2.27. The minimum absolute atomic E-state index is 0.0679. The van der Waals surface area contributed by atoms with E-state index in [-0.39, 0.29) is 11.7 Å². The fourth-order valence-corrected chi connectivity index (χ4v) is 3.20. The van der Waals surface area contributed by atoms with Gasteiger partial charge in [0.15, 0.2) is 5.13 Å². The van der Waals surface area contributed by atoms with Gasteiger partial charge >= 0.3 is 6.18 Å². The number of aromatic nitrogens is 1. The Morgan fingerprint density at radius 1 is 1.45 bits per heavy atom. The molecule has 0 atom stereocenters. The van der Waals surface area contributed by atoms with Crippen LogP contribution < -0.4 is 10.5 Å². The molecule has 0 aromatic carbocycles. The largest absolute Gasteiger partial charge is 0.389 e. The molecule has 10 heteroatoms. The Labute approximate surface area is 118 Å². The number of nitrogens with one attached hydrogen (secondary N) is 1. The molecule has 0 amide bonds. The van der Waals surface area contributed by atoms with E-state index in [2.05, 4.69) is 21.5 Å². The Bertz CT molecular complexity index is 599. The molecule has 112 valence electrons. The number of halogens is 3. The van der Waals surface area contributed by atoms with E-state index in [1.54, 1.807) is 0 Å². The Morgan fingerprint density at radius 3 is 2.75 bits per heavy atom. The topological polar surface area (TPSA) is 85.1 Å². The molecular weight excluding hydrogens is 315 g/mol. The fraction of sp³-hybridized carbons (Fsp3) is 0.500. The van der Waals surface area contributed by atoms with Gasteiger partial charge in [0.2, 0.25) is 10.0 Å². The van der Waals surface area contributed by atoms with E-state index in [4.69, 9.17) is 5.73 Å². The predicted octanol–water partition coefficient (Wildman–Crippen LogP) is 1.54. The molecule has 1 heterocycles. The third kappa shape index (κ3) is 6.74. The van der Waals surface area contributed by atoms with Gasteiger partial charge in [-0.05, 0) is 6.42 Å². The number of rotatable bonds is 5. The van der Waals surface area contributed by atoms with Gasteiger partial charge in [-0.1, -0.05) is 23.2 Å². The van der Waals surface area contributed by atoms with Crippen LogP contribution in [0.5, 0.6) is 0 Å². The van der Waals surface area contributed by atoms with Crippen LogP contribution >= 0.6 is 11.3 Å². The highest BCUT2D eigenvalue weighted by Crippen LogP contribution is 2.22. The first-order valence-corrected chi connectivity index (χ1v) is 7.91. The van der Waals surface area contributed by atoms with Crippen LogP contribution in [0.1, 0.15) is 17.7 Å². The van der Waals surface area contributed by atoms with Crippen molar-refractivity contribution in [1.29, 1.82) is 0 Å². The Hall–Kier alpha value is -1.31. The van der Waals surface area contributed by atoms with E-state index in [1.165, 1.54) is 6.20 Å². The van der Waals surface area contributed by atoms with E-state index in [1.807, 2.05) is 0 Å². The van der Waals surface area contributed by atoms with Crippen molar-refractivity contribution in [2.75, 3.05) is 17.0 Å². The summed E-state index contributed by atoms with van der Waals surface area (Å²) in [7, 11) is -3.84. The molecular formula is C10H12F3N3O2S2. The zero-order valence-electron chi connectivity index (χ0n) is 10.2. The highest BCUT2D eigenvalue weighted by molar-refractivity contribution is 7.92. The first kappa shape index (κ1) is 16.7. The molecule has 1 rings (SSSR count). The van der Waals surface area contributed by atoms with E-state index in [0.29, 0.717) is 4.88 Å². The SMILES string of the molecule is NCC#Cc1cnc(NS(=O)(=O)CCCC(F)(F)F)s1. The van der Waals surface area contributed by atoms with Crippen molar-refractivity contribution in [3.63, 3.8) is 0 Å². The lowest BCUT2D eigenvalue weighted by atomic mass is 10.3. The average molecular weight is 327 g/mol. The summed E-state index contributed by atoms with van der Waals surface area (Å²) in [6, 6.07) is 0. The minimum atomic E-state index is -4.36. The lowest BCUT2D eigenvalue weighted by Gasteiger charge is -2.07. The van der Waals surface area contributed by atoms with E-state index >= 15 is 0 Å². The van der Waals surface area contributed by atoms with E-state index in [0.717, 1.165) is 11.3 Å². The standard InChI is InChI=1S/C10H12F3N3O2S2/c11-10(12,13)4-2-6-20(17,18)16-9-15-7-8(19-9)3-1-5-14/h7H,2,4-6,14H2,(H,15,16). The third-order valence-corrected chi connectivity index (χ3v) is 4.22. The van der Waals surface area contributed by atoms with Crippen LogP contribution in [0, 0.1) is 11.8 Å². The maximum atomic E-state index is 11.9. The third-order valence-electron chi connectivity index (χ3n) is 1.94. The summed E-state index contributed by atoms with van der Waals surface area (Å²) in [6.45, 7) is 0.163. The lowest BCUT2D eigenvalue weighted by molar-refractivity contribution is -0.134. The van der Waals surface area contributed by atoms with Crippen LogP contribution in [0.3, 0.4) is 0 Å². The molecule has 0 aliphatic rings. The van der Waals surface area contributed by atoms with Crippen molar-refractivity contribution in [3.8, 4) is 11.8 Å². The normalized spacial score (nSPS) is 11.8. The molecule has 0 saturated heterocycles. The second-order valence-corrected chi connectivity index (χ2v) is 6.55. The number of nitrogens with two attached hydrogens (primary N) is 1. The summed E-state index contributed by atoms with van der Waals surface area (Å²) < 4.78 is 61.0. The number of hydrogen-bond donors (Lipinski definition) is 2. The molecule has 1 aromatic rings. The van der Waals surface area contributed by atoms with Gasteiger partial charge in [-0.25, -0.2) is 13.4 Å². The molecule has 0 aliphatic carbocycles. The van der Waals surface area contributed by atoms with Crippen LogP contribution in [-0.2, 0) is 10.0 Å². The summed E-state index contributed by atoms with van der Waals surface area (Å²) >= 11 is 0.986. The second kappa shape index (κ2) is 6.92. The molecule has 0 aliphatic heterocycles. The first-order chi connectivity index (χ1) is 9.22. The maximum absolute atomic E-state index is 11.9. The predicted molar refractivity (Wildman–Crippen MR) is 70.7 cm³/mol. The number of alkyl halides is 3. The molecule has 0 unspecified atom stereocenters. The first-order valence-electron chi connectivity index (χ1n) is 5.44. The van der Waals surface area contributed by atoms with Crippen molar-refractivity contribution in [1.82, 2.24) is 4.98 Å².